The Hall–Kier alpha value is -1.61. The first-order valence-electron chi connectivity index (χ1n) is 7.02. The van der Waals surface area contributed by atoms with Gasteiger partial charge < -0.3 is 4.74 Å². The second-order valence-electron chi connectivity index (χ2n) is 5.94. The quantitative estimate of drug-likeness (QED) is 0.442. The lowest BCUT2D eigenvalue weighted by atomic mass is 9.70. The molecule has 0 aromatic heterocycles. The molecular weight excluding hydrogens is 328 g/mol. The largest absolute Gasteiger partial charge is 0.426 e. The highest BCUT2D eigenvalue weighted by Crippen LogP contribution is 2.54. The van der Waals surface area contributed by atoms with Crippen molar-refractivity contribution < 1.29 is 9.53 Å². The van der Waals surface area contributed by atoms with Crippen LogP contribution in [0.4, 0.5) is 0 Å². The van der Waals surface area contributed by atoms with Gasteiger partial charge >= 0.3 is 5.97 Å². The van der Waals surface area contributed by atoms with E-state index in [4.69, 9.17) is 4.74 Å². The highest BCUT2D eigenvalue weighted by molar-refractivity contribution is 9.09. The van der Waals surface area contributed by atoms with Crippen molar-refractivity contribution in [2.75, 3.05) is 0 Å². The van der Waals surface area contributed by atoms with Crippen molar-refractivity contribution in [2.24, 2.45) is 5.41 Å². The SMILES string of the molecule is CC1(C)C(=O)Oc2ccccc2[C@@H]1[C@H](Br)c1ccccc1. The monoisotopic (exact) mass is 344 g/mol. The molecule has 2 atom stereocenters. The topological polar surface area (TPSA) is 26.3 Å². The average Bonchev–Trinajstić information content (AvgIpc) is 2.49. The number of carbonyl (C=O) groups is 1. The van der Waals surface area contributed by atoms with Crippen LogP contribution >= 0.6 is 15.9 Å². The smallest absolute Gasteiger partial charge is 0.317 e. The molecule has 0 bridgehead atoms. The van der Waals surface area contributed by atoms with Crippen molar-refractivity contribution in [2.45, 2.75) is 24.6 Å². The van der Waals surface area contributed by atoms with E-state index in [1.165, 1.54) is 5.56 Å². The van der Waals surface area contributed by atoms with E-state index in [2.05, 4.69) is 28.1 Å². The molecule has 0 radical (unpaired) electrons. The van der Waals surface area contributed by atoms with Gasteiger partial charge in [0.1, 0.15) is 5.75 Å². The standard InChI is InChI=1S/C18H17BrO2/c1-18(2)15(16(19)12-8-4-3-5-9-12)13-10-6-7-11-14(13)21-17(18)20/h3-11,15-16H,1-2H3/t15-,16-/m1/s1. The van der Waals surface area contributed by atoms with Crippen molar-refractivity contribution in [3.05, 3.63) is 65.7 Å². The Kier molecular flexibility index (Phi) is 3.62. The van der Waals surface area contributed by atoms with E-state index in [0.29, 0.717) is 5.75 Å². The van der Waals surface area contributed by atoms with Gasteiger partial charge in [-0.25, -0.2) is 0 Å². The third-order valence-electron chi connectivity index (χ3n) is 4.17. The highest BCUT2D eigenvalue weighted by Gasteiger charge is 2.47. The van der Waals surface area contributed by atoms with E-state index in [-0.39, 0.29) is 16.7 Å². The number of esters is 1. The lowest BCUT2D eigenvalue weighted by Crippen LogP contribution is -2.40. The maximum atomic E-state index is 12.4. The molecule has 1 aliphatic rings. The lowest BCUT2D eigenvalue weighted by Gasteiger charge is -2.40. The predicted molar refractivity (Wildman–Crippen MR) is 86.7 cm³/mol. The molecule has 0 unspecified atom stereocenters. The van der Waals surface area contributed by atoms with Crippen molar-refractivity contribution in [1.29, 1.82) is 0 Å². The number of carbonyl (C=O) groups excluding carboxylic acids is 1. The number of fused-ring (bicyclic) bond motifs is 1. The Morgan fingerprint density at radius 1 is 1.05 bits per heavy atom. The van der Waals surface area contributed by atoms with Gasteiger partial charge in [-0.15, -0.1) is 0 Å². The second kappa shape index (κ2) is 5.30. The zero-order valence-electron chi connectivity index (χ0n) is 12.0. The molecule has 1 heterocycles. The van der Waals surface area contributed by atoms with Crippen molar-refractivity contribution in [1.82, 2.24) is 0 Å². The summed E-state index contributed by atoms with van der Waals surface area (Å²) in [6, 6.07) is 18.0. The van der Waals surface area contributed by atoms with Gasteiger partial charge in [0.15, 0.2) is 0 Å². The summed E-state index contributed by atoms with van der Waals surface area (Å²) in [6.07, 6.45) is 0. The number of hydrogen-bond acceptors (Lipinski definition) is 2. The Labute approximate surface area is 133 Å². The van der Waals surface area contributed by atoms with Crippen LogP contribution in [0.15, 0.2) is 54.6 Å². The molecule has 108 valence electrons. The normalized spacial score (nSPS) is 21.3. The Morgan fingerprint density at radius 3 is 2.38 bits per heavy atom. The molecular formula is C18H17BrO2. The third kappa shape index (κ3) is 2.40. The van der Waals surface area contributed by atoms with Crippen LogP contribution in [0.1, 0.15) is 35.7 Å². The van der Waals surface area contributed by atoms with Crippen LogP contribution in [0.3, 0.4) is 0 Å². The van der Waals surface area contributed by atoms with E-state index in [0.717, 1.165) is 5.56 Å². The summed E-state index contributed by atoms with van der Waals surface area (Å²) in [5, 5.41) is 0. The summed E-state index contributed by atoms with van der Waals surface area (Å²) in [5.74, 6) is 0.524. The number of para-hydroxylation sites is 1. The van der Waals surface area contributed by atoms with Gasteiger partial charge in [0.05, 0.1) is 5.41 Å². The van der Waals surface area contributed by atoms with Gasteiger partial charge in [0.2, 0.25) is 0 Å². The van der Waals surface area contributed by atoms with Crippen LogP contribution in [-0.4, -0.2) is 5.97 Å². The number of hydrogen-bond donors (Lipinski definition) is 0. The van der Waals surface area contributed by atoms with Gasteiger partial charge in [0, 0.05) is 16.3 Å². The lowest BCUT2D eigenvalue weighted by molar-refractivity contribution is -0.147. The molecule has 21 heavy (non-hydrogen) atoms. The first-order chi connectivity index (χ1) is 10.0. The highest BCUT2D eigenvalue weighted by atomic mass is 79.9. The molecule has 0 fully saturated rings. The summed E-state index contributed by atoms with van der Waals surface area (Å²) in [4.78, 5) is 12.4. The minimum Gasteiger partial charge on any atom is -0.426 e. The number of alkyl halides is 1. The van der Waals surface area contributed by atoms with Gasteiger partial charge in [-0.1, -0.05) is 64.5 Å². The zero-order chi connectivity index (χ0) is 15.0. The van der Waals surface area contributed by atoms with E-state index < -0.39 is 5.41 Å². The van der Waals surface area contributed by atoms with Crippen LogP contribution in [0.25, 0.3) is 0 Å². The molecule has 2 aromatic carbocycles. The van der Waals surface area contributed by atoms with E-state index >= 15 is 0 Å². The Balaban J connectivity index is 2.12. The van der Waals surface area contributed by atoms with Gasteiger partial charge in [-0.3, -0.25) is 4.79 Å². The summed E-state index contributed by atoms with van der Waals surface area (Å²) in [5.41, 5.74) is 1.66. The van der Waals surface area contributed by atoms with Crippen molar-refractivity contribution in [3.8, 4) is 5.75 Å². The number of rotatable bonds is 2. The fraction of sp³-hybridized carbons (Fsp3) is 0.278. The van der Waals surface area contributed by atoms with Crippen LogP contribution < -0.4 is 4.74 Å². The minimum absolute atomic E-state index is 0.0253. The fourth-order valence-electron chi connectivity index (χ4n) is 2.93. The zero-order valence-corrected chi connectivity index (χ0v) is 13.6. The van der Waals surface area contributed by atoms with Crippen molar-refractivity contribution in [3.63, 3.8) is 0 Å². The van der Waals surface area contributed by atoms with E-state index in [1.807, 2.05) is 56.3 Å². The van der Waals surface area contributed by atoms with Crippen LogP contribution in [0, 0.1) is 5.41 Å². The van der Waals surface area contributed by atoms with Gasteiger partial charge in [-0.05, 0) is 25.5 Å². The van der Waals surface area contributed by atoms with Crippen LogP contribution in [0.5, 0.6) is 5.75 Å². The van der Waals surface area contributed by atoms with Gasteiger partial charge in [0.25, 0.3) is 0 Å². The summed E-state index contributed by atoms with van der Waals surface area (Å²) < 4.78 is 5.50. The molecule has 2 aromatic rings. The molecule has 3 heteroatoms. The molecule has 0 saturated heterocycles. The number of ether oxygens (including phenoxy) is 1. The maximum absolute atomic E-state index is 12.4. The Bertz CT molecular complexity index is 664. The molecule has 0 saturated carbocycles. The van der Waals surface area contributed by atoms with Crippen LogP contribution in [0.2, 0.25) is 0 Å². The van der Waals surface area contributed by atoms with E-state index in [1.54, 1.807) is 0 Å². The Morgan fingerprint density at radius 2 is 1.67 bits per heavy atom. The fourth-order valence-corrected chi connectivity index (χ4v) is 4.18. The minimum atomic E-state index is -0.585. The van der Waals surface area contributed by atoms with Gasteiger partial charge in [-0.2, -0.15) is 0 Å². The molecule has 0 amide bonds. The second-order valence-corrected chi connectivity index (χ2v) is 6.93. The summed E-state index contributed by atoms with van der Waals surface area (Å²) in [7, 11) is 0. The molecule has 2 nitrogen and oxygen atoms in total. The molecule has 3 rings (SSSR count). The molecule has 0 spiro atoms. The molecule has 0 N–H and O–H groups in total. The maximum Gasteiger partial charge on any atom is 0.317 e. The number of benzene rings is 2. The van der Waals surface area contributed by atoms with E-state index in [9.17, 15) is 4.79 Å². The number of halogens is 1. The first-order valence-corrected chi connectivity index (χ1v) is 7.93. The van der Waals surface area contributed by atoms with Crippen molar-refractivity contribution >= 4 is 21.9 Å². The summed E-state index contributed by atoms with van der Waals surface area (Å²) in [6.45, 7) is 3.90. The average molecular weight is 345 g/mol. The first kappa shape index (κ1) is 14.3. The predicted octanol–water partition coefficient (Wildman–Crippen LogP) is 4.85. The molecule has 0 aliphatic carbocycles. The molecule has 1 aliphatic heterocycles. The third-order valence-corrected chi connectivity index (χ3v) is 5.23. The van der Waals surface area contributed by atoms with Crippen LogP contribution in [-0.2, 0) is 4.79 Å². The summed E-state index contributed by atoms with van der Waals surface area (Å²) >= 11 is 3.81.